The van der Waals surface area contributed by atoms with Gasteiger partial charge >= 0.3 is 0 Å². The zero-order chi connectivity index (χ0) is 15.1. The van der Waals surface area contributed by atoms with Crippen LogP contribution in [0, 0.1) is 0 Å². The van der Waals surface area contributed by atoms with E-state index in [1.165, 1.54) is 30.4 Å². The predicted molar refractivity (Wildman–Crippen MR) is 93.6 cm³/mol. The Labute approximate surface area is 136 Å². The van der Waals surface area contributed by atoms with E-state index >= 15 is 0 Å². The van der Waals surface area contributed by atoms with Crippen molar-refractivity contribution in [2.24, 2.45) is 0 Å². The second-order valence-electron chi connectivity index (χ2n) is 5.54. The van der Waals surface area contributed by atoms with E-state index in [4.69, 9.17) is 0 Å². The third kappa shape index (κ3) is 5.01. The van der Waals surface area contributed by atoms with Crippen LogP contribution in [-0.4, -0.2) is 11.1 Å². The van der Waals surface area contributed by atoms with Crippen LogP contribution in [0.2, 0.25) is 0 Å². The van der Waals surface area contributed by atoms with Crippen molar-refractivity contribution >= 4 is 15.9 Å². The number of hydrogen-bond donors (Lipinski definition) is 1. The van der Waals surface area contributed by atoms with Crippen LogP contribution >= 0.6 is 15.9 Å². The molecule has 0 saturated carbocycles. The monoisotopic (exact) mass is 348 g/mol. The van der Waals surface area contributed by atoms with Crippen molar-refractivity contribution in [3.8, 4) is 0 Å². The summed E-state index contributed by atoms with van der Waals surface area (Å²) in [5.74, 6) is 0. The molecule has 114 valence electrons. The van der Waals surface area contributed by atoms with Crippen LogP contribution in [0.15, 0.2) is 47.2 Å². The summed E-state index contributed by atoms with van der Waals surface area (Å²) in [6.07, 6.45) is 8.05. The molecule has 2 rings (SSSR count). The molecule has 1 aromatic carbocycles. The standard InChI is InChI=1S/C18H25BrN2/c1-3-6-18(20-10-4-2)16-9-11-21(14-16)13-15-7-5-8-17(19)12-15/h5,7-9,11-12,14,18,20H,3-4,6,10,13H2,1-2H3. The molecule has 0 bridgehead atoms. The van der Waals surface area contributed by atoms with Crippen molar-refractivity contribution in [3.05, 3.63) is 58.3 Å². The Morgan fingerprint density at radius 3 is 2.76 bits per heavy atom. The topological polar surface area (TPSA) is 17.0 Å². The van der Waals surface area contributed by atoms with Crippen LogP contribution in [0.25, 0.3) is 0 Å². The van der Waals surface area contributed by atoms with Crippen LogP contribution in [0.3, 0.4) is 0 Å². The van der Waals surface area contributed by atoms with Crippen molar-refractivity contribution in [3.63, 3.8) is 0 Å². The molecule has 0 spiro atoms. The van der Waals surface area contributed by atoms with Gasteiger partial charge in [0.25, 0.3) is 0 Å². The van der Waals surface area contributed by atoms with Crippen LogP contribution in [0.5, 0.6) is 0 Å². The number of nitrogens with zero attached hydrogens (tertiary/aromatic N) is 1. The molecule has 0 aliphatic carbocycles. The van der Waals surface area contributed by atoms with Crippen LogP contribution in [0.1, 0.15) is 50.3 Å². The zero-order valence-electron chi connectivity index (χ0n) is 13.0. The first-order chi connectivity index (χ1) is 10.2. The molecule has 2 nitrogen and oxygen atoms in total. The quantitative estimate of drug-likeness (QED) is 0.698. The molecule has 1 unspecified atom stereocenters. The maximum absolute atomic E-state index is 3.65. The summed E-state index contributed by atoms with van der Waals surface area (Å²) in [5.41, 5.74) is 2.72. The van der Waals surface area contributed by atoms with Crippen molar-refractivity contribution < 1.29 is 0 Å². The molecule has 0 aliphatic rings. The minimum Gasteiger partial charge on any atom is -0.350 e. The Hall–Kier alpha value is -1.06. The fourth-order valence-electron chi connectivity index (χ4n) is 2.60. The largest absolute Gasteiger partial charge is 0.350 e. The molecule has 1 N–H and O–H groups in total. The van der Waals surface area contributed by atoms with Gasteiger partial charge in [0.15, 0.2) is 0 Å². The summed E-state index contributed by atoms with van der Waals surface area (Å²) in [6, 6.07) is 11.2. The van der Waals surface area contributed by atoms with Gasteiger partial charge in [-0.2, -0.15) is 0 Å². The van der Waals surface area contributed by atoms with Gasteiger partial charge in [-0.05, 0) is 48.7 Å². The van der Waals surface area contributed by atoms with Crippen LogP contribution in [-0.2, 0) is 6.54 Å². The lowest BCUT2D eigenvalue weighted by Gasteiger charge is -2.16. The SMILES string of the molecule is CCCNC(CCC)c1ccn(Cc2cccc(Br)c2)c1. The fourth-order valence-corrected chi connectivity index (χ4v) is 3.05. The number of benzene rings is 1. The van der Waals surface area contributed by atoms with Gasteiger partial charge in [0.1, 0.15) is 0 Å². The molecular formula is C18H25BrN2. The second kappa shape index (κ2) is 8.40. The third-order valence-corrected chi connectivity index (χ3v) is 4.14. The van der Waals surface area contributed by atoms with E-state index in [0.29, 0.717) is 6.04 Å². The zero-order valence-corrected chi connectivity index (χ0v) is 14.6. The lowest BCUT2D eigenvalue weighted by molar-refractivity contribution is 0.493. The summed E-state index contributed by atoms with van der Waals surface area (Å²) in [6.45, 7) is 6.47. The number of nitrogens with one attached hydrogen (secondary N) is 1. The normalized spacial score (nSPS) is 12.5. The first kappa shape index (κ1) is 16.3. The van der Waals surface area contributed by atoms with Crippen molar-refractivity contribution in [2.45, 2.75) is 45.7 Å². The minimum absolute atomic E-state index is 0.485. The van der Waals surface area contributed by atoms with E-state index in [-0.39, 0.29) is 0 Å². The molecule has 0 aliphatic heterocycles. The van der Waals surface area contributed by atoms with Crippen molar-refractivity contribution in [1.29, 1.82) is 0 Å². The van der Waals surface area contributed by atoms with E-state index in [2.05, 4.69) is 82.4 Å². The van der Waals surface area contributed by atoms with Gasteiger partial charge in [-0.15, -0.1) is 0 Å². The van der Waals surface area contributed by atoms with Crippen molar-refractivity contribution in [2.75, 3.05) is 6.54 Å². The summed E-state index contributed by atoms with van der Waals surface area (Å²) in [4.78, 5) is 0. The first-order valence-electron chi connectivity index (χ1n) is 7.86. The molecular weight excluding hydrogens is 324 g/mol. The number of halogens is 1. The van der Waals surface area contributed by atoms with Gasteiger partial charge in [0, 0.05) is 29.5 Å². The van der Waals surface area contributed by atoms with Gasteiger partial charge in [-0.3, -0.25) is 0 Å². The molecule has 0 saturated heterocycles. The average Bonchev–Trinajstić information content (AvgIpc) is 2.92. The van der Waals surface area contributed by atoms with E-state index < -0.39 is 0 Å². The smallest absolute Gasteiger partial charge is 0.0470 e. The van der Waals surface area contributed by atoms with Gasteiger partial charge in [-0.1, -0.05) is 48.3 Å². The van der Waals surface area contributed by atoms with Gasteiger partial charge in [0.2, 0.25) is 0 Å². The maximum atomic E-state index is 3.65. The first-order valence-corrected chi connectivity index (χ1v) is 8.65. The predicted octanol–water partition coefficient (Wildman–Crippen LogP) is 5.14. The molecule has 21 heavy (non-hydrogen) atoms. The van der Waals surface area contributed by atoms with Gasteiger partial charge < -0.3 is 9.88 Å². The van der Waals surface area contributed by atoms with Gasteiger partial charge in [-0.25, -0.2) is 0 Å². The third-order valence-electron chi connectivity index (χ3n) is 3.65. The minimum atomic E-state index is 0.485. The Bertz CT molecular complexity index is 548. The molecule has 0 fully saturated rings. The van der Waals surface area contributed by atoms with E-state index in [1.54, 1.807) is 0 Å². The van der Waals surface area contributed by atoms with Crippen LogP contribution in [0.4, 0.5) is 0 Å². The molecule has 0 amide bonds. The molecule has 1 aromatic heterocycles. The summed E-state index contributed by atoms with van der Waals surface area (Å²) >= 11 is 3.53. The van der Waals surface area contributed by atoms with E-state index in [1.807, 2.05) is 0 Å². The number of aromatic nitrogens is 1. The Kier molecular flexibility index (Phi) is 6.52. The highest BCUT2D eigenvalue weighted by atomic mass is 79.9. The average molecular weight is 349 g/mol. The highest BCUT2D eigenvalue weighted by Gasteiger charge is 2.11. The lowest BCUT2D eigenvalue weighted by Crippen LogP contribution is -2.21. The fraction of sp³-hybridized carbons (Fsp3) is 0.444. The van der Waals surface area contributed by atoms with E-state index in [9.17, 15) is 0 Å². The van der Waals surface area contributed by atoms with Gasteiger partial charge in [0.05, 0.1) is 0 Å². The number of hydrogen-bond acceptors (Lipinski definition) is 1. The molecule has 2 aromatic rings. The Balaban J connectivity index is 2.05. The molecule has 1 atom stereocenters. The maximum Gasteiger partial charge on any atom is 0.0470 e. The van der Waals surface area contributed by atoms with Crippen LogP contribution < -0.4 is 5.32 Å². The summed E-state index contributed by atoms with van der Waals surface area (Å²) in [7, 11) is 0. The Morgan fingerprint density at radius 1 is 1.19 bits per heavy atom. The highest BCUT2D eigenvalue weighted by Crippen LogP contribution is 2.20. The Morgan fingerprint density at radius 2 is 2.05 bits per heavy atom. The van der Waals surface area contributed by atoms with Crippen molar-refractivity contribution in [1.82, 2.24) is 9.88 Å². The molecule has 3 heteroatoms. The number of rotatable bonds is 8. The summed E-state index contributed by atoms with van der Waals surface area (Å²) in [5, 5.41) is 3.65. The summed E-state index contributed by atoms with van der Waals surface area (Å²) < 4.78 is 3.41. The van der Waals surface area contributed by atoms with E-state index in [0.717, 1.165) is 17.6 Å². The second-order valence-corrected chi connectivity index (χ2v) is 6.46. The molecule has 1 heterocycles. The molecule has 0 radical (unpaired) electrons. The highest BCUT2D eigenvalue weighted by molar-refractivity contribution is 9.10. The lowest BCUT2D eigenvalue weighted by atomic mass is 10.1.